The predicted octanol–water partition coefficient (Wildman–Crippen LogP) is 2.18. The van der Waals surface area contributed by atoms with Gasteiger partial charge < -0.3 is 0 Å². The van der Waals surface area contributed by atoms with E-state index < -0.39 is 20.6 Å². The van der Waals surface area contributed by atoms with Crippen LogP contribution < -0.4 is 0 Å². The smallest absolute Gasteiger partial charge is 0.258 e. The normalized spacial score (nSPS) is 11.0. The Labute approximate surface area is 124 Å². The van der Waals surface area contributed by atoms with Gasteiger partial charge in [0.2, 0.25) is 0 Å². The van der Waals surface area contributed by atoms with E-state index in [-0.39, 0.29) is 18.0 Å². The van der Waals surface area contributed by atoms with Crippen molar-refractivity contribution in [3.05, 3.63) is 46.0 Å². The first-order valence-corrected chi connectivity index (χ1v) is 7.55. The van der Waals surface area contributed by atoms with Gasteiger partial charge in [-0.3, -0.25) is 10.1 Å². The minimum absolute atomic E-state index is 0.0704. The first kappa shape index (κ1) is 16.9. The lowest BCUT2D eigenvalue weighted by atomic mass is 10.3. The largest absolute Gasteiger partial charge is 0.289 e. The van der Waals surface area contributed by atoms with Crippen molar-refractivity contribution in [2.45, 2.75) is 18.7 Å². The van der Waals surface area contributed by atoms with Crippen molar-refractivity contribution < 1.29 is 13.3 Å². The molecular weight excluding hydrogens is 292 g/mol. The summed E-state index contributed by atoms with van der Waals surface area (Å²) >= 11 is 0. The maximum absolute atomic E-state index is 12.6. The molecule has 0 fully saturated rings. The van der Waals surface area contributed by atoms with Crippen molar-refractivity contribution in [2.75, 3.05) is 13.1 Å². The van der Waals surface area contributed by atoms with Gasteiger partial charge in [-0.15, -0.1) is 6.42 Å². The van der Waals surface area contributed by atoms with E-state index in [0.29, 0.717) is 0 Å². The SMILES string of the molecule is C#CCN(CC=C(C)C)S(=O)(=O)c1ccccc1[N+](=O)[O-]. The van der Waals surface area contributed by atoms with Crippen LogP contribution in [-0.2, 0) is 10.0 Å². The van der Waals surface area contributed by atoms with Crippen molar-refractivity contribution in [3.8, 4) is 12.3 Å². The van der Waals surface area contributed by atoms with Gasteiger partial charge in [0.15, 0.2) is 4.90 Å². The van der Waals surface area contributed by atoms with Crippen molar-refractivity contribution in [2.24, 2.45) is 0 Å². The standard InChI is InChI=1S/C14H16N2O4S/c1-4-10-15(11-9-12(2)3)21(19,20)14-8-6-5-7-13(14)16(17)18/h1,5-9H,10-11H2,2-3H3. The zero-order valence-electron chi connectivity index (χ0n) is 11.8. The number of benzene rings is 1. The second kappa shape index (κ2) is 7.02. The molecule has 21 heavy (non-hydrogen) atoms. The minimum Gasteiger partial charge on any atom is -0.258 e. The molecule has 6 nitrogen and oxygen atoms in total. The average molecular weight is 308 g/mol. The Hall–Kier alpha value is -2.17. The number of para-hydroxylation sites is 1. The molecule has 0 radical (unpaired) electrons. The second-order valence-corrected chi connectivity index (χ2v) is 6.41. The predicted molar refractivity (Wildman–Crippen MR) is 80.1 cm³/mol. The van der Waals surface area contributed by atoms with Crippen LogP contribution in [0.25, 0.3) is 0 Å². The molecule has 0 N–H and O–H groups in total. The summed E-state index contributed by atoms with van der Waals surface area (Å²) in [6.07, 6.45) is 6.90. The highest BCUT2D eigenvalue weighted by Gasteiger charge is 2.30. The number of allylic oxidation sites excluding steroid dienone is 1. The third kappa shape index (κ3) is 4.15. The van der Waals surface area contributed by atoms with Gasteiger partial charge in [-0.25, -0.2) is 8.42 Å². The monoisotopic (exact) mass is 308 g/mol. The fraction of sp³-hybridized carbons (Fsp3) is 0.286. The zero-order valence-corrected chi connectivity index (χ0v) is 12.6. The van der Waals surface area contributed by atoms with Gasteiger partial charge in [0.25, 0.3) is 15.7 Å². The quantitative estimate of drug-likeness (QED) is 0.349. The molecule has 0 aromatic heterocycles. The van der Waals surface area contributed by atoms with Gasteiger partial charge in [0.05, 0.1) is 11.5 Å². The Morgan fingerprint density at radius 2 is 2.05 bits per heavy atom. The molecule has 0 unspecified atom stereocenters. The Bertz CT molecular complexity index is 698. The average Bonchev–Trinajstić information content (AvgIpc) is 2.43. The highest BCUT2D eigenvalue weighted by atomic mass is 32.2. The molecule has 0 aliphatic carbocycles. The third-order valence-corrected chi connectivity index (χ3v) is 4.51. The number of sulfonamides is 1. The van der Waals surface area contributed by atoms with E-state index >= 15 is 0 Å². The zero-order chi connectivity index (χ0) is 16.0. The second-order valence-electron chi connectivity index (χ2n) is 4.51. The van der Waals surface area contributed by atoms with Gasteiger partial charge >= 0.3 is 0 Å². The van der Waals surface area contributed by atoms with E-state index in [1.54, 1.807) is 6.08 Å². The number of nitro groups is 1. The van der Waals surface area contributed by atoms with Crippen LogP contribution >= 0.6 is 0 Å². The number of nitro benzene ring substituents is 1. The fourth-order valence-corrected chi connectivity index (χ4v) is 3.05. The fourth-order valence-electron chi connectivity index (χ4n) is 1.60. The summed E-state index contributed by atoms with van der Waals surface area (Å²) < 4.78 is 26.1. The molecule has 0 aliphatic heterocycles. The summed E-state index contributed by atoms with van der Waals surface area (Å²) in [5.41, 5.74) is 0.464. The number of hydrogen-bond donors (Lipinski definition) is 0. The molecule has 0 spiro atoms. The molecule has 0 heterocycles. The maximum Gasteiger partial charge on any atom is 0.289 e. The minimum atomic E-state index is -4.03. The summed E-state index contributed by atoms with van der Waals surface area (Å²) in [6.45, 7) is 3.57. The van der Waals surface area contributed by atoms with E-state index in [0.717, 1.165) is 15.9 Å². The van der Waals surface area contributed by atoms with Crippen LogP contribution in [0.5, 0.6) is 0 Å². The first-order valence-electron chi connectivity index (χ1n) is 6.11. The molecule has 0 amide bonds. The van der Waals surface area contributed by atoms with Crippen LogP contribution in [-0.4, -0.2) is 30.7 Å². The van der Waals surface area contributed by atoms with Crippen molar-refractivity contribution >= 4 is 15.7 Å². The van der Waals surface area contributed by atoms with Crippen LogP contribution in [0.2, 0.25) is 0 Å². The Balaban J connectivity index is 3.33. The molecule has 0 atom stereocenters. The van der Waals surface area contributed by atoms with Crippen LogP contribution in [0.1, 0.15) is 13.8 Å². The number of terminal acetylenes is 1. The lowest BCUT2D eigenvalue weighted by molar-refractivity contribution is -0.387. The molecule has 0 saturated heterocycles. The number of nitrogens with zero attached hydrogens (tertiary/aromatic N) is 2. The van der Waals surface area contributed by atoms with Crippen molar-refractivity contribution in [3.63, 3.8) is 0 Å². The van der Waals surface area contributed by atoms with Gasteiger partial charge in [0, 0.05) is 12.6 Å². The van der Waals surface area contributed by atoms with Crippen molar-refractivity contribution in [1.29, 1.82) is 0 Å². The van der Waals surface area contributed by atoms with Gasteiger partial charge in [0.1, 0.15) is 0 Å². The first-order chi connectivity index (χ1) is 9.80. The summed E-state index contributed by atoms with van der Waals surface area (Å²) in [5.74, 6) is 2.26. The topological polar surface area (TPSA) is 80.5 Å². The summed E-state index contributed by atoms with van der Waals surface area (Å²) in [6, 6.07) is 5.22. The summed E-state index contributed by atoms with van der Waals surface area (Å²) in [4.78, 5) is 9.91. The van der Waals surface area contributed by atoms with E-state index in [1.807, 2.05) is 13.8 Å². The van der Waals surface area contributed by atoms with E-state index in [2.05, 4.69) is 5.92 Å². The molecule has 0 saturated carbocycles. The molecule has 0 bridgehead atoms. The summed E-state index contributed by atoms with van der Waals surface area (Å²) in [7, 11) is -4.03. The van der Waals surface area contributed by atoms with Crippen LogP contribution in [0.3, 0.4) is 0 Å². The van der Waals surface area contributed by atoms with Crippen LogP contribution in [0.4, 0.5) is 5.69 Å². The number of hydrogen-bond acceptors (Lipinski definition) is 4. The van der Waals surface area contributed by atoms with Crippen LogP contribution in [0.15, 0.2) is 40.8 Å². The van der Waals surface area contributed by atoms with E-state index in [4.69, 9.17) is 6.42 Å². The van der Waals surface area contributed by atoms with E-state index in [1.165, 1.54) is 18.2 Å². The van der Waals surface area contributed by atoms with Gasteiger partial charge in [-0.2, -0.15) is 4.31 Å². The molecule has 112 valence electrons. The van der Waals surface area contributed by atoms with Gasteiger partial charge in [-0.1, -0.05) is 29.7 Å². The Morgan fingerprint density at radius 1 is 1.43 bits per heavy atom. The molecular formula is C14H16N2O4S. The third-order valence-electron chi connectivity index (χ3n) is 2.65. The molecule has 1 rings (SSSR count). The molecule has 1 aromatic carbocycles. The highest BCUT2D eigenvalue weighted by Crippen LogP contribution is 2.26. The Morgan fingerprint density at radius 3 is 2.57 bits per heavy atom. The van der Waals surface area contributed by atoms with Gasteiger partial charge in [-0.05, 0) is 19.9 Å². The summed E-state index contributed by atoms with van der Waals surface area (Å²) in [5, 5.41) is 11.0. The maximum atomic E-state index is 12.6. The lowest BCUT2D eigenvalue weighted by Gasteiger charge is -2.18. The van der Waals surface area contributed by atoms with E-state index in [9.17, 15) is 18.5 Å². The lowest BCUT2D eigenvalue weighted by Crippen LogP contribution is -2.32. The van der Waals surface area contributed by atoms with Crippen molar-refractivity contribution in [1.82, 2.24) is 4.31 Å². The molecule has 7 heteroatoms. The number of rotatable bonds is 6. The van der Waals surface area contributed by atoms with Crippen LogP contribution in [0, 0.1) is 22.5 Å². The Kier molecular flexibility index (Phi) is 5.64. The molecule has 1 aromatic rings. The highest BCUT2D eigenvalue weighted by molar-refractivity contribution is 7.89. The molecule has 0 aliphatic rings.